The Balaban J connectivity index is 1.67. The van der Waals surface area contributed by atoms with E-state index in [0.717, 1.165) is 32.9 Å². The first-order valence-electron chi connectivity index (χ1n) is 9.48. The highest BCUT2D eigenvalue weighted by Crippen LogP contribution is 2.22. The largest absolute Gasteiger partial charge is 0.362 e. The molecule has 0 radical (unpaired) electrons. The van der Waals surface area contributed by atoms with Crippen LogP contribution in [0.4, 0.5) is 11.5 Å². The molecule has 0 aliphatic carbocycles. The van der Waals surface area contributed by atoms with Gasteiger partial charge in [-0.05, 0) is 49.2 Å². The molecule has 4 nitrogen and oxygen atoms in total. The molecule has 2 N–H and O–H groups in total. The molecule has 3 aromatic rings. The number of rotatable bonds is 7. The quantitative estimate of drug-likeness (QED) is 0.600. The summed E-state index contributed by atoms with van der Waals surface area (Å²) in [6, 6.07) is 16.1. The minimum absolute atomic E-state index is 0.0584. The predicted octanol–water partition coefficient (Wildman–Crippen LogP) is 4.68. The highest BCUT2D eigenvalue weighted by atomic mass is 35.5. The summed E-state index contributed by atoms with van der Waals surface area (Å²) in [6.45, 7) is 12.1. The number of aromatic nitrogens is 2. The van der Waals surface area contributed by atoms with Gasteiger partial charge in [0, 0.05) is 22.8 Å². The number of anilines is 2. The molecule has 0 bridgehead atoms. The van der Waals surface area contributed by atoms with E-state index in [2.05, 4.69) is 52.8 Å². The number of nitrogens with zero attached hydrogens (tertiary/aromatic N) is 2. The van der Waals surface area contributed by atoms with Crippen molar-refractivity contribution >= 4 is 35.8 Å². The van der Waals surface area contributed by atoms with E-state index in [1.54, 1.807) is 6.20 Å². The average molecular weight is 405 g/mol. The molecule has 0 aliphatic rings. The lowest BCUT2D eigenvalue weighted by Gasteiger charge is -2.17. The third-order valence-electron chi connectivity index (χ3n) is 4.53. The zero-order valence-electron chi connectivity index (χ0n) is 16.7. The highest BCUT2D eigenvalue weighted by molar-refractivity contribution is 6.30. The monoisotopic (exact) mass is 404 g/mol. The van der Waals surface area contributed by atoms with Crippen LogP contribution in [0.2, 0.25) is 5.02 Å². The number of hydrogen-bond donors (Lipinski definition) is 2. The Labute approximate surface area is 176 Å². The van der Waals surface area contributed by atoms with Gasteiger partial charge in [0.1, 0.15) is 5.82 Å². The Hall–Kier alpha value is -3.11. The summed E-state index contributed by atoms with van der Waals surface area (Å²) in [5.41, 5.74) is 4.15. The standard InChI is InChI=1S/C24H25ClN4/c1-5-23-18(4)29-24(15-26-23)28-17(3)20-9-7-11-22(14-20)27-16(2)12-19-8-6-10-21(25)13-19/h5-11,13-15,17,27H,2,4,12H2,1,3H3,(H,28,29)/b23-5+. The Bertz CT molecular complexity index is 1120. The summed E-state index contributed by atoms with van der Waals surface area (Å²) < 4.78 is 0. The summed E-state index contributed by atoms with van der Waals surface area (Å²) in [7, 11) is 0. The Morgan fingerprint density at radius 1 is 1.21 bits per heavy atom. The topological polar surface area (TPSA) is 49.8 Å². The van der Waals surface area contributed by atoms with Crippen LogP contribution < -0.4 is 21.3 Å². The zero-order valence-corrected chi connectivity index (χ0v) is 17.5. The van der Waals surface area contributed by atoms with E-state index < -0.39 is 0 Å². The lowest BCUT2D eigenvalue weighted by Crippen LogP contribution is -2.30. The number of allylic oxidation sites excluding steroid dienone is 1. The van der Waals surface area contributed by atoms with Crippen LogP contribution in [0.5, 0.6) is 0 Å². The maximum Gasteiger partial charge on any atom is 0.145 e. The van der Waals surface area contributed by atoms with Crippen molar-refractivity contribution in [2.24, 2.45) is 0 Å². The molecule has 1 atom stereocenters. The van der Waals surface area contributed by atoms with Crippen LogP contribution in [-0.2, 0) is 6.42 Å². The van der Waals surface area contributed by atoms with Crippen molar-refractivity contribution in [3.8, 4) is 0 Å². The van der Waals surface area contributed by atoms with Crippen LogP contribution in [0.1, 0.15) is 31.0 Å². The van der Waals surface area contributed by atoms with Crippen LogP contribution in [0.25, 0.3) is 12.7 Å². The Morgan fingerprint density at radius 3 is 2.72 bits per heavy atom. The van der Waals surface area contributed by atoms with Crippen molar-refractivity contribution in [3.63, 3.8) is 0 Å². The van der Waals surface area contributed by atoms with E-state index in [4.69, 9.17) is 11.6 Å². The van der Waals surface area contributed by atoms with E-state index in [1.165, 1.54) is 0 Å². The predicted molar refractivity (Wildman–Crippen MR) is 123 cm³/mol. The molecule has 1 aromatic heterocycles. The van der Waals surface area contributed by atoms with Gasteiger partial charge in [-0.25, -0.2) is 4.98 Å². The number of hydrogen-bond acceptors (Lipinski definition) is 4. The Morgan fingerprint density at radius 2 is 2.00 bits per heavy atom. The second-order valence-electron chi connectivity index (χ2n) is 6.90. The molecule has 29 heavy (non-hydrogen) atoms. The van der Waals surface area contributed by atoms with Crippen LogP contribution in [-0.4, -0.2) is 9.97 Å². The smallest absolute Gasteiger partial charge is 0.145 e. The maximum absolute atomic E-state index is 6.06. The molecule has 0 saturated carbocycles. The lowest BCUT2D eigenvalue weighted by atomic mass is 10.1. The number of halogens is 1. The van der Waals surface area contributed by atoms with Gasteiger partial charge >= 0.3 is 0 Å². The SMILES string of the molecule is C=C(Cc1cccc(Cl)c1)Nc1cccc(C(C)Nc2cn/c(=C/C)c(=C)n2)c1. The minimum atomic E-state index is 0.0584. The fraction of sp³-hybridized carbons (Fsp3) is 0.167. The second-order valence-corrected chi connectivity index (χ2v) is 7.34. The maximum atomic E-state index is 6.06. The van der Waals surface area contributed by atoms with Crippen molar-refractivity contribution in [2.45, 2.75) is 26.3 Å². The van der Waals surface area contributed by atoms with Gasteiger partial charge < -0.3 is 10.6 Å². The van der Waals surface area contributed by atoms with Crippen molar-refractivity contribution < 1.29 is 0 Å². The first-order chi connectivity index (χ1) is 13.9. The summed E-state index contributed by atoms with van der Waals surface area (Å²) in [5.74, 6) is 0.705. The summed E-state index contributed by atoms with van der Waals surface area (Å²) in [4.78, 5) is 8.85. The number of nitrogens with one attached hydrogen (secondary N) is 2. The molecule has 1 unspecified atom stereocenters. The molecule has 1 heterocycles. The zero-order chi connectivity index (χ0) is 20.8. The second kappa shape index (κ2) is 9.39. The van der Waals surface area contributed by atoms with E-state index in [9.17, 15) is 0 Å². The van der Waals surface area contributed by atoms with Crippen molar-refractivity contribution in [2.75, 3.05) is 10.6 Å². The molecule has 3 rings (SSSR count). The van der Waals surface area contributed by atoms with E-state index in [0.29, 0.717) is 17.6 Å². The minimum Gasteiger partial charge on any atom is -0.362 e. The van der Waals surface area contributed by atoms with Crippen molar-refractivity contribution in [3.05, 3.63) is 93.9 Å². The Kier molecular flexibility index (Phi) is 6.68. The average Bonchev–Trinajstić information content (AvgIpc) is 2.68. The van der Waals surface area contributed by atoms with Gasteiger partial charge in [-0.1, -0.05) is 55.1 Å². The normalized spacial score (nSPS) is 12.4. The highest BCUT2D eigenvalue weighted by Gasteiger charge is 2.08. The lowest BCUT2D eigenvalue weighted by molar-refractivity contribution is 0.867. The fourth-order valence-electron chi connectivity index (χ4n) is 3.08. The molecular weight excluding hydrogens is 380 g/mol. The molecule has 2 aromatic carbocycles. The van der Waals surface area contributed by atoms with Crippen LogP contribution in [0.3, 0.4) is 0 Å². The van der Waals surface area contributed by atoms with Gasteiger partial charge in [-0.2, -0.15) is 0 Å². The molecule has 5 heteroatoms. The van der Waals surface area contributed by atoms with E-state index in [-0.39, 0.29) is 6.04 Å². The van der Waals surface area contributed by atoms with Crippen LogP contribution in [0, 0.1) is 0 Å². The summed E-state index contributed by atoms with van der Waals surface area (Å²) in [6.07, 6.45) is 4.34. The van der Waals surface area contributed by atoms with Gasteiger partial charge in [0.15, 0.2) is 0 Å². The van der Waals surface area contributed by atoms with Gasteiger partial charge in [-0.15, -0.1) is 0 Å². The molecule has 0 fully saturated rings. The van der Waals surface area contributed by atoms with E-state index in [1.807, 2.05) is 49.4 Å². The van der Waals surface area contributed by atoms with Crippen LogP contribution >= 0.6 is 11.6 Å². The molecule has 148 valence electrons. The fourth-order valence-corrected chi connectivity index (χ4v) is 3.29. The molecule has 0 saturated heterocycles. The van der Waals surface area contributed by atoms with Crippen molar-refractivity contribution in [1.29, 1.82) is 0 Å². The third kappa shape index (κ3) is 5.69. The van der Waals surface area contributed by atoms with Gasteiger partial charge in [0.05, 0.1) is 22.9 Å². The molecular formula is C24H25ClN4. The van der Waals surface area contributed by atoms with Gasteiger partial charge in [-0.3, -0.25) is 4.98 Å². The molecule has 0 aliphatic heterocycles. The van der Waals surface area contributed by atoms with Crippen LogP contribution in [0.15, 0.2) is 67.0 Å². The summed E-state index contributed by atoms with van der Waals surface area (Å²) >= 11 is 6.06. The van der Waals surface area contributed by atoms with Crippen molar-refractivity contribution in [1.82, 2.24) is 9.97 Å². The first kappa shape index (κ1) is 20.6. The number of benzene rings is 2. The first-order valence-corrected chi connectivity index (χ1v) is 9.86. The van der Waals surface area contributed by atoms with Gasteiger partial charge in [0.2, 0.25) is 0 Å². The third-order valence-corrected chi connectivity index (χ3v) is 4.76. The van der Waals surface area contributed by atoms with Gasteiger partial charge in [0.25, 0.3) is 0 Å². The molecule has 0 spiro atoms. The molecule has 0 amide bonds. The summed E-state index contributed by atoms with van der Waals surface area (Å²) in [5, 5.41) is 8.97. The van der Waals surface area contributed by atoms with E-state index >= 15 is 0 Å².